The zero-order valence-corrected chi connectivity index (χ0v) is 9.67. The lowest BCUT2D eigenvalue weighted by atomic mass is 10.1. The summed E-state index contributed by atoms with van der Waals surface area (Å²) in [5, 5.41) is 18.0. The summed E-state index contributed by atoms with van der Waals surface area (Å²) >= 11 is 0. The maximum atomic E-state index is 10.7. The second kappa shape index (κ2) is 5.29. The fourth-order valence-corrected chi connectivity index (χ4v) is 2.30. The van der Waals surface area contributed by atoms with Gasteiger partial charge in [0.1, 0.15) is 0 Å². The molecule has 1 aromatic carbocycles. The van der Waals surface area contributed by atoms with Crippen LogP contribution in [0.2, 0.25) is 0 Å². The van der Waals surface area contributed by atoms with Gasteiger partial charge < -0.3 is 10.2 Å². The van der Waals surface area contributed by atoms with Gasteiger partial charge in [-0.1, -0.05) is 12.1 Å². The average Bonchev–Trinajstić information content (AvgIpc) is 2.77. The molecule has 1 heterocycles. The maximum absolute atomic E-state index is 10.7. The molecule has 1 aliphatic rings. The van der Waals surface area contributed by atoms with Gasteiger partial charge in [0.25, 0.3) is 0 Å². The topological polar surface area (TPSA) is 60.8 Å². The molecular formula is C13H17NO3. The standard InChI is InChI=1S/C13H17NO3/c15-9-12-2-1-7-14(12)8-10-3-5-11(6-4-10)13(16)17/h3-6,12,15H,1-2,7-9H2,(H,16,17)/t12-/m0/s1. The molecule has 1 saturated heterocycles. The largest absolute Gasteiger partial charge is 0.478 e. The fraction of sp³-hybridized carbons (Fsp3) is 0.462. The summed E-state index contributed by atoms with van der Waals surface area (Å²) in [6, 6.07) is 7.20. The molecule has 0 saturated carbocycles. The van der Waals surface area contributed by atoms with Crippen LogP contribution in [0.4, 0.5) is 0 Å². The molecule has 4 nitrogen and oxygen atoms in total. The van der Waals surface area contributed by atoms with Gasteiger partial charge in [-0.15, -0.1) is 0 Å². The Labute approximate surface area is 100 Å². The molecule has 0 bridgehead atoms. The van der Waals surface area contributed by atoms with Crippen molar-refractivity contribution in [3.63, 3.8) is 0 Å². The molecule has 0 radical (unpaired) electrons. The fourth-order valence-electron chi connectivity index (χ4n) is 2.30. The first-order chi connectivity index (χ1) is 8.20. The van der Waals surface area contributed by atoms with Crippen LogP contribution in [0, 0.1) is 0 Å². The van der Waals surface area contributed by atoms with Crippen molar-refractivity contribution >= 4 is 5.97 Å². The minimum Gasteiger partial charge on any atom is -0.478 e. The molecule has 4 heteroatoms. The zero-order valence-electron chi connectivity index (χ0n) is 9.67. The number of likely N-dealkylation sites (tertiary alicyclic amines) is 1. The molecule has 1 aliphatic heterocycles. The number of carbonyl (C=O) groups is 1. The second-order valence-corrected chi connectivity index (χ2v) is 4.45. The van der Waals surface area contributed by atoms with Gasteiger partial charge >= 0.3 is 5.97 Å². The van der Waals surface area contributed by atoms with Crippen molar-refractivity contribution in [2.45, 2.75) is 25.4 Å². The van der Waals surface area contributed by atoms with Crippen molar-refractivity contribution in [3.05, 3.63) is 35.4 Å². The van der Waals surface area contributed by atoms with E-state index in [2.05, 4.69) is 4.90 Å². The van der Waals surface area contributed by atoms with E-state index in [4.69, 9.17) is 5.11 Å². The number of aliphatic hydroxyl groups is 1. The molecule has 0 aliphatic carbocycles. The SMILES string of the molecule is O=C(O)c1ccc(CN2CCC[C@H]2CO)cc1. The van der Waals surface area contributed by atoms with Crippen LogP contribution < -0.4 is 0 Å². The van der Waals surface area contributed by atoms with Crippen molar-refractivity contribution in [3.8, 4) is 0 Å². The number of benzene rings is 1. The summed E-state index contributed by atoms with van der Waals surface area (Å²) in [5.41, 5.74) is 1.41. The molecule has 0 spiro atoms. The number of carboxylic acid groups (broad SMARTS) is 1. The van der Waals surface area contributed by atoms with Crippen LogP contribution in [0.3, 0.4) is 0 Å². The highest BCUT2D eigenvalue weighted by Crippen LogP contribution is 2.19. The van der Waals surface area contributed by atoms with Crippen molar-refractivity contribution < 1.29 is 15.0 Å². The van der Waals surface area contributed by atoms with E-state index in [0.29, 0.717) is 5.56 Å². The Hall–Kier alpha value is -1.39. The van der Waals surface area contributed by atoms with E-state index in [0.717, 1.165) is 31.5 Å². The summed E-state index contributed by atoms with van der Waals surface area (Å²) in [6.45, 7) is 1.99. The molecule has 0 aromatic heterocycles. The van der Waals surface area contributed by atoms with Gasteiger partial charge in [-0.3, -0.25) is 4.90 Å². The van der Waals surface area contributed by atoms with Gasteiger partial charge in [-0.25, -0.2) is 4.79 Å². The highest BCUT2D eigenvalue weighted by atomic mass is 16.4. The molecule has 2 N–H and O–H groups in total. The van der Waals surface area contributed by atoms with Crippen molar-refractivity contribution in [2.24, 2.45) is 0 Å². The van der Waals surface area contributed by atoms with E-state index in [1.807, 2.05) is 12.1 Å². The monoisotopic (exact) mass is 235 g/mol. The summed E-state index contributed by atoms with van der Waals surface area (Å²) in [7, 11) is 0. The van der Waals surface area contributed by atoms with Crippen molar-refractivity contribution in [1.82, 2.24) is 4.90 Å². The third-order valence-corrected chi connectivity index (χ3v) is 3.30. The van der Waals surface area contributed by atoms with Gasteiger partial charge in [-0.2, -0.15) is 0 Å². The van der Waals surface area contributed by atoms with E-state index in [-0.39, 0.29) is 12.6 Å². The van der Waals surface area contributed by atoms with Gasteiger partial charge in [0.2, 0.25) is 0 Å². The first kappa shape index (κ1) is 12.1. The second-order valence-electron chi connectivity index (χ2n) is 4.45. The van der Waals surface area contributed by atoms with Gasteiger partial charge in [0.05, 0.1) is 12.2 Å². The molecule has 2 rings (SSSR count). The van der Waals surface area contributed by atoms with E-state index in [1.165, 1.54) is 0 Å². The quantitative estimate of drug-likeness (QED) is 0.826. The Morgan fingerprint density at radius 1 is 1.35 bits per heavy atom. The molecule has 92 valence electrons. The molecule has 1 atom stereocenters. The minimum atomic E-state index is -0.897. The Morgan fingerprint density at radius 3 is 2.65 bits per heavy atom. The Morgan fingerprint density at radius 2 is 2.06 bits per heavy atom. The average molecular weight is 235 g/mol. The normalized spacial score (nSPS) is 20.6. The number of hydrogen-bond acceptors (Lipinski definition) is 3. The molecule has 0 amide bonds. The Balaban J connectivity index is 2.01. The number of aromatic carboxylic acids is 1. The predicted molar refractivity (Wildman–Crippen MR) is 63.9 cm³/mol. The van der Waals surface area contributed by atoms with Crippen LogP contribution in [0.1, 0.15) is 28.8 Å². The van der Waals surface area contributed by atoms with Gasteiger partial charge in [0.15, 0.2) is 0 Å². The Bertz CT molecular complexity index is 388. The Kier molecular flexibility index (Phi) is 3.76. The zero-order chi connectivity index (χ0) is 12.3. The van der Waals surface area contributed by atoms with E-state index in [9.17, 15) is 9.90 Å². The number of rotatable bonds is 4. The highest BCUT2D eigenvalue weighted by Gasteiger charge is 2.23. The summed E-state index contributed by atoms with van der Waals surface area (Å²) in [5.74, 6) is -0.897. The van der Waals surface area contributed by atoms with E-state index >= 15 is 0 Å². The summed E-state index contributed by atoms with van der Waals surface area (Å²) in [4.78, 5) is 13.0. The molecular weight excluding hydrogens is 218 g/mol. The lowest BCUT2D eigenvalue weighted by Crippen LogP contribution is -2.31. The molecule has 17 heavy (non-hydrogen) atoms. The summed E-state index contributed by atoms with van der Waals surface area (Å²) in [6.07, 6.45) is 2.17. The number of carboxylic acids is 1. The maximum Gasteiger partial charge on any atom is 0.335 e. The van der Waals surface area contributed by atoms with Crippen LogP contribution in [0.15, 0.2) is 24.3 Å². The third kappa shape index (κ3) is 2.84. The molecule has 1 fully saturated rings. The van der Waals surface area contributed by atoms with Gasteiger partial charge in [-0.05, 0) is 37.1 Å². The predicted octanol–water partition coefficient (Wildman–Crippen LogP) is 1.34. The van der Waals surface area contributed by atoms with Crippen molar-refractivity contribution in [1.29, 1.82) is 0 Å². The molecule has 1 aromatic rings. The van der Waals surface area contributed by atoms with Crippen LogP contribution in [0.25, 0.3) is 0 Å². The van der Waals surface area contributed by atoms with Crippen LogP contribution in [0.5, 0.6) is 0 Å². The third-order valence-electron chi connectivity index (χ3n) is 3.30. The number of aliphatic hydroxyl groups excluding tert-OH is 1. The van der Waals surface area contributed by atoms with E-state index < -0.39 is 5.97 Å². The van der Waals surface area contributed by atoms with Crippen LogP contribution >= 0.6 is 0 Å². The highest BCUT2D eigenvalue weighted by molar-refractivity contribution is 5.87. The van der Waals surface area contributed by atoms with Crippen LogP contribution in [-0.4, -0.2) is 40.3 Å². The lowest BCUT2D eigenvalue weighted by molar-refractivity contribution is 0.0697. The number of nitrogens with zero attached hydrogens (tertiary/aromatic N) is 1. The smallest absolute Gasteiger partial charge is 0.335 e. The first-order valence-electron chi connectivity index (χ1n) is 5.88. The van der Waals surface area contributed by atoms with Crippen LogP contribution in [-0.2, 0) is 6.54 Å². The van der Waals surface area contributed by atoms with Crippen molar-refractivity contribution in [2.75, 3.05) is 13.2 Å². The first-order valence-corrected chi connectivity index (χ1v) is 5.88. The van der Waals surface area contributed by atoms with E-state index in [1.54, 1.807) is 12.1 Å². The molecule has 0 unspecified atom stereocenters. The summed E-state index contributed by atoms with van der Waals surface area (Å²) < 4.78 is 0. The number of hydrogen-bond donors (Lipinski definition) is 2. The minimum absolute atomic E-state index is 0.202. The van der Waals surface area contributed by atoms with Gasteiger partial charge in [0, 0.05) is 12.6 Å². The lowest BCUT2D eigenvalue weighted by Gasteiger charge is -2.22.